The minimum absolute atomic E-state index is 0.133. The van der Waals surface area contributed by atoms with Crippen molar-refractivity contribution in [3.05, 3.63) is 30.3 Å². The van der Waals surface area contributed by atoms with Gasteiger partial charge in [-0.15, -0.1) is 0 Å². The maximum atomic E-state index is 11.0. The third-order valence-electron chi connectivity index (χ3n) is 2.66. The fourth-order valence-electron chi connectivity index (χ4n) is 1.60. The number of hydrogen-bond acceptors (Lipinski definition) is 7. The Hall–Kier alpha value is -2.02. The molecule has 2 rings (SSSR count). The summed E-state index contributed by atoms with van der Waals surface area (Å²) < 4.78 is 41.6. The van der Waals surface area contributed by atoms with Crippen LogP contribution < -0.4 is 10.2 Å². The van der Waals surface area contributed by atoms with Crippen LogP contribution in [0.1, 0.15) is 0 Å². The molecule has 0 bridgehead atoms. The molecule has 10 nitrogen and oxygen atoms in total. The summed E-state index contributed by atoms with van der Waals surface area (Å²) >= 11 is -2.67. The van der Waals surface area contributed by atoms with Crippen molar-refractivity contribution >= 4 is 33.1 Å². The van der Waals surface area contributed by atoms with Crippen LogP contribution in [-0.4, -0.2) is 60.0 Å². The van der Waals surface area contributed by atoms with Crippen molar-refractivity contribution in [1.29, 1.82) is 0 Å². The lowest BCUT2D eigenvalue weighted by Gasteiger charge is -2.25. The summed E-state index contributed by atoms with van der Waals surface area (Å²) in [5, 5.41) is 2.50. The highest BCUT2D eigenvalue weighted by Crippen LogP contribution is 2.05. The minimum atomic E-state index is -3.00. The van der Waals surface area contributed by atoms with Gasteiger partial charge in [0.25, 0.3) is 0 Å². The van der Waals surface area contributed by atoms with Crippen LogP contribution >= 0.6 is 0 Å². The Morgan fingerprint density at radius 3 is 2.46 bits per heavy atom. The molecule has 12 heteroatoms. The Bertz CT molecular complexity index is 694. The predicted molar refractivity (Wildman–Crippen MR) is 82.7 cm³/mol. The second kappa shape index (κ2) is 9.32. The zero-order valence-electron chi connectivity index (χ0n) is 12.6. The zero-order valence-corrected chi connectivity index (χ0v) is 14.3. The highest BCUT2D eigenvalue weighted by molar-refractivity contribution is 7.90. The summed E-state index contributed by atoms with van der Waals surface area (Å²) in [6, 6.07) is 8.35. The Labute approximate surface area is 141 Å². The molecule has 1 saturated heterocycles. The molecule has 1 aliphatic heterocycles. The fourth-order valence-corrected chi connectivity index (χ4v) is 2.39. The highest BCUT2D eigenvalue weighted by Gasteiger charge is 2.22. The topological polar surface area (TPSA) is 145 Å². The van der Waals surface area contributed by atoms with Gasteiger partial charge in [-0.25, -0.2) is 13.2 Å². The molecule has 1 aromatic rings. The number of benzene rings is 1. The molecule has 1 atom stereocenters. The smallest absolute Gasteiger partial charge is 0.430 e. The van der Waals surface area contributed by atoms with Gasteiger partial charge in [-0.05, 0) is 12.1 Å². The van der Waals surface area contributed by atoms with E-state index in [0.29, 0.717) is 11.4 Å². The normalized spacial score (nSPS) is 15.6. The third-order valence-corrected chi connectivity index (χ3v) is 4.01. The van der Waals surface area contributed by atoms with Gasteiger partial charge < -0.3 is 14.7 Å². The SMILES string of the molecule is CS(=O)(=O)c1ccccc1.O=C1CN(C(=O)ONS(=O)[O-])CCN1. The molecule has 0 aromatic heterocycles. The molecule has 1 fully saturated rings. The van der Waals surface area contributed by atoms with E-state index in [2.05, 4.69) is 10.2 Å². The van der Waals surface area contributed by atoms with Crippen LogP contribution in [0.15, 0.2) is 35.2 Å². The number of rotatable bonds is 3. The van der Waals surface area contributed by atoms with Crippen LogP contribution in [-0.2, 0) is 30.7 Å². The van der Waals surface area contributed by atoms with Crippen LogP contribution in [0.5, 0.6) is 0 Å². The molecule has 1 aromatic carbocycles. The number of nitrogens with one attached hydrogen (secondary N) is 2. The van der Waals surface area contributed by atoms with E-state index in [9.17, 15) is 26.8 Å². The largest absolute Gasteiger partial charge is 0.758 e. The van der Waals surface area contributed by atoms with Crippen molar-refractivity contribution in [3.8, 4) is 0 Å². The van der Waals surface area contributed by atoms with Crippen molar-refractivity contribution in [2.75, 3.05) is 25.9 Å². The van der Waals surface area contributed by atoms with Crippen LogP contribution in [0.2, 0.25) is 0 Å². The molecular weight excluding hydrogens is 362 g/mol. The first-order valence-electron chi connectivity index (χ1n) is 6.52. The number of piperazine rings is 1. The number of hydrogen-bond donors (Lipinski definition) is 2. The summed E-state index contributed by atoms with van der Waals surface area (Å²) in [5.41, 5.74) is 0. The quantitative estimate of drug-likeness (QED) is 0.504. The average Bonchev–Trinajstić information content (AvgIpc) is 2.53. The molecule has 24 heavy (non-hydrogen) atoms. The molecule has 0 aliphatic carbocycles. The van der Waals surface area contributed by atoms with Gasteiger partial charge in [-0.1, -0.05) is 23.1 Å². The van der Waals surface area contributed by atoms with Crippen molar-refractivity contribution in [2.45, 2.75) is 4.90 Å². The van der Waals surface area contributed by atoms with Gasteiger partial charge >= 0.3 is 6.09 Å². The molecule has 1 unspecified atom stereocenters. The Balaban J connectivity index is 0.000000254. The lowest BCUT2D eigenvalue weighted by Crippen LogP contribution is -2.50. The van der Waals surface area contributed by atoms with Gasteiger partial charge in [-0.2, -0.15) is 0 Å². The number of amides is 2. The molecule has 2 N–H and O–H groups in total. The monoisotopic (exact) mass is 378 g/mol. The molecule has 1 aliphatic rings. The highest BCUT2D eigenvalue weighted by atomic mass is 32.2. The second-order valence-corrected chi connectivity index (χ2v) is 7.19. The van der Waals surface area contributed by atoms with Crippen molar-refractivity contribution in [1.82, 2.24) is 15.1 Å². The van der Waals surface area contributed by atoms with Crippen LogP contribution in [0.25, 0.3) is 0 Å². The van der Waals surface area contributed by atoms with Crippen LogP contribution in [0, 0.1) is 0 Å². The lowest BCUT2D eigenvalue weighted by molar-refractivity contribution is -0.123. The maximum Gasteiger partial charge on any atom is 0.430 e. The number of nitrogens with zero attached hydrogens (tertiary/aromatic N) is 1. The third kappa shape index (κ3) is 7.50. The first-order valence-corrected chi connectivity index (χ1v) is 9.49. The Morgan fingerprint density at radius 1 is 1.38 bits per heavy atom. The molecule has 0 saturated carbocycles. The number of carbonyl (C=O) groups excluding carboxylic acids is 2. The predicted octanol–water partition coefficient (Wildman–Crippen LogP) is -1.06. The summed E-state index contributed by atoms with van der Waals surface area (Å²) in [6.07, 6.45) is 0.298. The van der Waals surface area contributed by atoms with Gasteiger partial charge in [0, 0.05) is 19.3 Å². The fraction of sp³-hybridized carbons (Fsp3) is 0.333. The van der Waals surface area contributed by atoms with Gasteiger partial charge in [0.1, 0.15) is 6.54 Å². The zero-order chi connectivity index (χ0) is 18.2. The van der Waals surface area contributed by atoms with Gasteiger partial charge in [0.2, 0.25) is 5.91 Å². The summed E-state index contributed by atoms with van der Waals surface area (Å²) in [5.74, 6) is -0.309. The van der Waals surface area contributed by atoms with Crippen LogP contribution in [0.4, 0.5) is 4.79 Å². The first kappa shape index (κ1) is 20.0. The van der Waals surface area contributed by atoms with E-state index in [1.54, 1.807) is 30.3 Å². The second-order valence-electron chi connectivity index (χ2n) is 4.54. The van der Waals surface area contributed by atoms with E-state index in [0.717, 1.165) is 4.90 Å². The summed E-state index contributed by atoms with van der Waals surface area (Å²) in [4.78, 5) is 28.9. The molecule has 1 heterocycles. The lowest BCUT2D eigenvalue weighted by atomic mass is 10.4. The molecular formula is C12H16N3O7S2-. The van der Waals surface area contributed by atoms with Crippen LogP contribution in [0.3, 0.4) is 0 Å². The van der Waals surface area contributed by atoms with E-state index in [4.69, 9.17) is 0 Å². The van der Waals surface area contributed by atoms with E-state index < -0.39 is 27.2 Å². The van der Waals surface area contributed by atoms with E-state index >= 15 is 0 Å². The van der Waals surface area contributed by atoms with E-state index in [1.165, 1.54) is 11.1 Å². The molecule has 134 valence electrons. The minimum Gasteiger partial charge on any atom is -0.758 e. The van der Waals surface area contributed by atoms with Crippen molar-refractivity contribution < 1.29 is 31.6 Å². The number of sulfone groups is 1. The van der Waals surface area contributed by atoms with E-state index in [1.807, 2.05) is 0 Å². The van der Waals surface area contributed by atoms with Crippen molar-refractivity contribution in [3.63, 3.8) is 0 Å². The van der Waals surface area contributed by atoms with Gasteiger partial charge in [0.15, 0.2) is 9.84 Å². The number of carbonyl (C=O) groups is 2. The van der Waals surface area contributed by atoms with E-state index in [-0.39, 0.29) is 19.0 Å². The average molecular weight is 378 g/mol. The standard InChI is InChI=1S/C7H8O2S.C5H9N3O5S/c1-10(8,9)7-5-3-2-4-6-7;9-4-3-8(2-1-6-4)5(10)13-7-14(11)12/h2-6H,1H3;7H,1-3H2,(H,6,9)(H,11,12)/p-1. The van der Waals surface area contributed by atoms with Gasteiger partial charge in [-0.3, -0.25) is 13.9 Å². The first-order chi connectivity index (χ1) is 11.2. The Kier molecular flexibility index (Phi) is 7.78. The Morgan fingerprint density at radius 2 is 2.00 bits per heavy atom. The summed E-state index contributed by atoms with van der Waals surface area (Å²) in [6.45, 7) is 0.484. The van der Waals surface area contributed by atoms with Crippen molar-refractivity contribution in [2.24, 2.45) is 0 Å². The summed E-state index contributed by atoms with van der Waals surface area (Å²) in [7, 11) is -3.00. The molecule has 2 amide bonds. The maximum absolute atomic E-state index is 11.0. The molecule has 0 spiro atoms. The van der Waals surface area contributed by atoms with Gasteiger partial charge in [0.05, 0.1) is 16.2 Å². The molecule has 0 radical (unpaired) electrons.